The smallest absolute Gasteiger partial charge is 0.325 e. The lowest BCUT2D eigenvalue weighted by Gasteiger charge is -2.37. The standard InChI is InChI=1S/C21H29N5O3/c1-16-4-2-3-7-21(16)19(28)26(20(29)23-21)15-18(27)25-12-10-24(11-13-25)14-17-5-8-22-9-6-17/h5-6,8-9,16H,2-4,7,10-15H2,1H3,(H,23,29)/t16-,21+/m1/s1. The van der Waals surface area contributed by atoms with E-state index in [1.165, 1.54) is 5.56 Å². The van der Waals surface area contributed by atoms with Gasteiger partial charge in [0.05, 0.1) is 0 Å². The molecule has 0 unspecified atom stereocenters. The number of rotatable bonds is 4. The van der Waals surface area contributed by atoms with Crippen molar-refractivity contribution >= 4 is 17.8 Å². The second-order valence-electron chi connectivity index (χ2n) is 8.45. The molecule has 8 heteroatoms. The van der Waals surface area contributed by atoms with Crippen molar-refractivity contribution in [3.05, 3.63) is 30.1 Å². The van der Waals surface area contributed by atoms with Crippen LogP contribution in [0.2, 0.25) is 0 Å². The molecule has 4 rings (SSSR count). The molecular weight excluding hydrogens is 370 g/mol. The molecule has 1 saturated carbocycles. The van der Waals surface area contributed by atoms with Crippen LogP contribution in [0.15, 0.2) is 24.5 Å². The summed E-state index contributed by atoms with van der Waals surface area (Å²) in [4.78, 5) is 47.5. The molecule has 3 aliphatic rings. The fraction of sp³-hybridized carbons (Fsp3) is 0.619. The number of nitrogens with zero attached hydrogens (tertiary/aromatic N) is 4. The summed E-state index contributed by atoms with van der Waals surface area (Å²) in [6, 6.07) is 3.57. The predicted molar refractivity (Wildman–Crippen MR) is 107 cm³/mol. The lowest BCUT2D eigenvalue weighted by molar-refractivity contribution is -0.141. The maximum atomic E-state index is 13.0. The summed E-state index contributed by atoms with van der Waals surface area (Å²) in [5.74, 6) is -0.276. The highest BCUT2D eigenvalue weighted by molar-refractivity contribution is 6.09. The van der Waals surface area contributed by atoms with E-state index in [4.69, 9.17) is 0 Å². The molecule has 0 bridgehead atoms. The predicted octanol–water partition coefficient (Wildman–Crippen LogP) is 1.23. The Hall–Kier alpha value is -2.48. The number of nitrogens with one attached hydrogen (secondary N) is 1. The number of carbonyl (C=O) groups excluding carboxylic acids is 3. The summed E-state index contributed by atoms with van der Waals surface area (Å²) in [6.07, 6.45) is 7.16. The molecule has 3 fully saturated rings. The summed E-state index contributed by atoms with van der Waals surface area (Å²) in [6.45, 7) is 5.45. The van der Waals surface area contributed by atoms with Crippen LogP contribution in [0.1, 0.15) is 38.2 Å². The lowest BCUT2D eigenvalue weighted by atomic mass is 9.73. The molecule has 1 aromatic rings. The van der Waals surface area contributed by atoms with E-state index in [0.29, 0.717) is 19.5 Å². The second kappa shape index (κ2) is 8.10. The fourth-order valence-corrected chi connectivity index (χ4v) is 4.78. The number of urea groups is 1. The molecule has 0 aromatic carbocycles. The van der Waals surface area contributed by atoms with Crippen molar-refractivity contribution < 1.29 is 14.4 Å². The van der Waals surface area contributed by atoms with Gasteiger partial charge in [-0.15, -0.1) is 0 Å². The molecule has 1 N–H and O–H groups in total. The van der Waals surface area contributed by atoms with Crippen molar-refractivity contribution in [2.75, 3.05) is 32.7 Å². The third-order valence-electron chi connectivity index (χ3n) is 6.68. The zero-order chi connectivity index (χ0) is 20.4. The number of amides is 4. The topological polar surface area (TPSA) is 85.8 Å². The van der Waals surface area contributed by atoms with Crippen molar-refractivity contribution in [3.8, 4) is 0 Å². The van der Waals surface area contributed by atoms with Crippen molar-refractivity contribution in [1.82, 2.24) is 25.0 Å². The van der Waals surface area contributed by atoms with Crippen LogP contribution >= 0.6 is 0 Å². The highest BCUT2D eigenvalue weighted by Gasteiger charge is 2.55. The molecule has 4 amide bonds. The van der Waals surface area contributed by atoms with Crippen LogP contribution in [0, 0.1) is 5.92 Å². The van der Waals surface area contributed by atoms with Crippen molar-refractivity contribution in [2.24, 2.45) is 5.92 Å². The van der Waals surface area contributed by atoms with Gasteiger partial charge >= 0.3 is 6.03 Å². The van der Waals surface area contributed by atoms with E-state index in [2.05, 4.69) is 15.2 Å². The van der Waals surface area contributed by atoms with Crippen LogP contribution in [0.4, 0.5) is 4.79 Å². The Morgan fingerprint density at radius 3 is 2.59 bits per heavy atom. The van der Waals surface area contributed by atoms with E-state index in [-0.39, 0.29) is 24.3 Å². The van der Waals surface area contributed by atoms with Gasteiger partial charge in [0, 0.05) is 45.1 Å². The Morgan fingerprint density at radius 2 is 1.90 bits per heavy atom. The quantitative estimate of drug-likeness (QED) is 0.770. The molecule has 2 atom stereocenters. The molecule has 8 nitrogen and oxygen atoms in total. The Kier molecular flexibility index (Phi) is 5.54. The Bertz CT molecular complexity index is 778. The van der Waals surface area contributed by atoms with Gasteiger partial charge in [0.25, 0.3) is 5.91 Å². The molecule has 29 heavy (non-hydrogen) atoms. The monoisotopic (exact) mass is 399 g/mol. The largest absolute Gasteiger partial charge is 0.339 e. The average molecular weight is 399 g/mol. The number of pyridine rings is 1. The van der Waals surface area contributed by atoms with E-state index in [1.807, 2.05) is 19.1 Å². The van der Waals surface area contributed by atoms with Gasteiger partial charge in [-0.3, -0.25) is 24.4 Å². The minimum atomic E-state index is -0.807. The van der Waals surface area contributed by atoms with E-state index < -0.39 is 11.6 Å². The van der Waals surface area contributed by atoms with Crippen LogP contribution in [0.25, 0.3) is 0 Å². The average Bonchev–Trinajstić information content (AvgIpc) is 2.96. The maximum absolute atomic E-state index is 13.0. The molecular formula is C21H29N5O3. The molecule has 1 aromatic heterocycles. The summed E-state index contributed by atoms with van der Waals surface area (Å²) in [5.41, 5.74) is 0.393. The number of carbonyl (C=O) groups is 3. The minimum Gasteiger partial charge on any atom is -0.339 e. The highest BCUT2D eigenvalue weighted by atomic mass is 16.2. The molecule has 1 aliphatic carbocycles. The number of piperazine rings is 1. The van der Waals surface area contributed by atoms with Gasteiger partial charge in [-0.2, -0.15) is 0 Å². The number of aromatic nitrogens is 1. The van der Waals surface area contributed by atoms with Gasteiger partial charge in [0.2, 0.25) is 5.91 Å². The zero-order valence-corrected chi connectivity index (χ0v) is 17.0. The first-order valence-electron chi connectivity index (χ1n) is 10.5. The Balaban J connectivity index is 1.32. The first kappa shape index (κ1) is 19.8. The third-order valence-corrected chi connectivity index (χ3v) is 6.68. The molecule has 2 saturated heterocycles. The van der Waals surface area contributed by atoms with Gasteiger partial charge in [-0.05, 0) is 36.5 Å². The highest BCUT2D eigenvalue weighted by Crippen LogP contribution is 2.38. The van der Waals surface area contributed by atoms with Gasteiger partial charge in [0.15, 0.2) is 0 Å². The first-order chi connectivity index (χ1) is 14.0. The number of hydrogen-bond donors (Lipinski definition) is 1. The van der Waals surface area contributed by atoms with Crippen LogP contribution in [0.5, 0.6) is 0 Å². The molecule has 0 radical (unpaired) electrons. The summed E-state index contributed by atoms with van der Waals surface area (Å²) >= 11 is 0. The van der Waals surface area contributed by atoms with E-state index >= 15 is 0 Å². The summed E-state index contributed by atoms with van der Waals surface area (Å²) < 4.78 is 0. The fourth-order valence-electron chi connectivity index (χ4n) is 4.78. The lowest BCUT2D eigenvalue weighted by Crippen LogP contribution is -2.54. The van der Waals surface area contributed by atoms with Crippen LogP contribution in [-0.4, -0.2) is 75.8 Å². The Labute approximate surface area is 171 Å². The number of imide groups is 1. The maximum Gasteiger partial charge on any atom is 0.325 e. The molecule has 3 heterocycles. The zero-order valence-electron chi connectivity index (χ0n) is 17.0. The number of hydrogen-bond acceptors (Lipinski definition) is 5. The normalized spacial score (nSPS) is 28.1. The second-order valence-corrected chi connectivity index (χ2v) is 8.45. The van der Waals surface area contributed by atoms with Gasteiger partial charge in [-0.25, -0.2) is 4.79 Å². The third kappa shape index (κ3) is 3.85. The molecule has 1 spiro atoms. The van der Waals surface area contributed by atoms with E-state index in [9.17, 15) is 14.4 Å². The van der Waals surface area contributed by atoms with Crippen molar-refractivity contribution in [1.29, 1.82) is 0 Å². The van der Waals surface area contributed by atoms with Gasteiger partial charge in [0.1, 0.15) is 12.1 Å². The van der Waals surface area contributed by atoms with E-state index in [1.54, 1.807) is 17.3 Å². The summed E-state index contributed by atoms with van der Waals surface area (Å²) in [5, 5.41) is 2.91. The van der Waals surface area contributed by atoms with Crippen LogP contribution in [-0.2, 0) is 16.1 Å². The van der Waals surface area contributed by atoms with Crippen LogP contribution in [0.3, 0.4) is 0 Å². The molecule has 2 aliphatic heterocycles. The van der Waals surface area contributed by atoms with Crippen molar-refractivity contribution in [3.63, 3.8) is 0 Å². The minimum absolute atomic E-state index is 0.101. The van der Waals surface area contributed by atoms with Crippen molar-refractivity contribution in [2.45, 2.75) is 44.7 Å². The molecule has 156 valence electrons. The Morgan fingerprint density at radius 1 is 1.17 bits per heavy atom. The van der Waals surface area contributed by atoms with Crippen LogP contribution < -0.4 is 5.32 Å². The SMILES string of the molecule is C[C@@H]1CCCC[C@]12NC(=O)N(CC(=O)N1CCN(Cc3ccncc3)CC1)C2=O. The first-order valence-corrected chi connectivity index (χ1v) is 10.5. The van der Waals surface area contributed by atoms with E-state index in [0.717, 1.165) is 43.8 Å². The summed E-state index contributed by atoms with van der Waals surface area (Å²) in [7, 11) is 0. The van der Waals surface area contributed by atoms with Gasteiger partial charge < -0.3 is 10.2 Å². The van der Waals surface area contributed by atoms with Gasteiger partial charge in [-0.1, -0.05) is 19.8 Å².